The van der Waals surface area contributed by atoms with Gasteiger partial charge in [-0.1, -0.05) is 62.3 Å². The average molecular weight is 266 g/mol. The van der Waals surface area contributed by atoms with Gasteiger partial charge in [0.05, 0.1) is 0 Å². The second-order valence-electron chi connectivity index (χ2n) is 7.60. The predicted octanol–water partition coefficient (Wildman–Crippen LogP) is 5.90. The van der Waals surface area contributed by atoms with Crippen LogP contribution in [0.4, 0.5) is 0 Å². The summed E-state index contributed by atoms with van der Waals surface area (Å²) in [4.78, 5) is 0. The molecule has 0 bridgehead atoms. The van der Waals surface area contributed by atoms with E-state index in [0.29, 0.717) is 5.41 Å². The fraction of sp³-hybridized carbons (Fsp3) is 0.500. The third-order valence-electron chi connectivity index (χ3n) is 5.56. The predicted molar refractivity (Wildman–Crippen MR) is 87.5 cm³/mol. The van der Waals surface area contributed by atoms with Crippen molar-refractivity contribution in [2.24, 2.45) is 10.8 Å². The first kappa shape index (κ1) is 13.7. The smallest absolute Gasteiger partial charge is 0.0175 e. The minimum absolute atomic E-state index is 0.214. The topological polar surface area (TPSA) is 0 Å². The summed E-state index contributed by atoms with van der Waals surface area (Å²) in [6, 6.07) is 0. The summed E-state index contributed by atoms with van der Waals surface area (Å²) in [6.07, 6.45) is 15.5. The van der Waals surface area contributed by atoms with Crippen molar-refractivity contribution in [1.82, 2.24) is 0 Å². The first-order valence-electron chi connectivity index (χ1n) is 7.83. The first-order valence-corrected chi connectivity index (χ1v) is 7.83. The normalized spacial score (nSPS) is 30.9. The van der Waals surface area contributed by atoms with Gasteiger partial charge in [-0.2, -0.15) is 0 Å². The molecule has 0 heteroatoms. The van der Waals surface area contributed by atoms with E-state index in [-0.39, 0.29) is 5.41 Å². The maximum absolute atomic E-state index is 2.44. The monoisotopic (exact) mass is 266 g/mol. The van der Waals surface area contributed by atoms with Gasteiger partial charge in [-0.3, -0.25) is 0 Å². The van der Waals surface area contributed by atoms with Crippen molar-refractivity contribution < 1.29 is 0 Å². The molecule has 0 radical (unpaired) electrons. The van der Waals surface area contributed by atoms with Crippen LogP contribution in [0.1, 0.15) is 53.9 Å². The molecule has 3 aliphatic rings. The number of rotatable bonds is 1. The molecule has 0 saturated carbocycles. The van der Waals surface area contributed by atoms with Crippen LogP contribution in [0.5, 0.6) is 0 Å². The minimum atomic E-state index is 0.214. The Bertz CT molecular complexity index is 598. The van der Waals surface area contributed by atoms with Gasteiger partial charge in [-0.05, 0) is 55.2 Å². The fourth-order valence-electron chi connectivity index (χ4n) is 3.91. The number of hydrogen-bond donors (Lipinski definition) is 0. The minimum Gasteiger partial charge on any atom is -0.0801 e. The molecular formula is C20H26. The Morgan fingerprint density at radius 2 is 1.75 bits per heavy atom. The van der Waals surface area contributed by atoms with Gasteiger partial charge in [-0.15, -0.1) is 0 Å². The Morgan fingerprint density at radius 1 is 1.00 bits per heavy atom. The molecule has 0 spiro atoms. The molecule has 0 amide bonds. The second-order valence-corrected chi connectivity index (χ2v) is 7.60. The number of allylic oxidation sites excluding steroid dienone is 10. The van der Waals surface area contributed by atoms with Gasteiger partial charge in [0.2, 0.25) is 0 Å². The van der Waals surface area contributed by atoms with E-state index in [1.54, 1.807) is 11.1 Å². The van der Waals surface area contributed by atoms with Crippen molar-refractivity contribution in [1.29, 1.82) is 0 Å². The summed E-state index contributed by atoms with van der Waals surface area (Å²) >= 11 is 0. The zero-order valence-electron chi connectivity index (χ0n) is 13.5. The largest absolute Gasteiger partial charge is 0.0801 e. The van der Waals surface area contributed by atoms with E-state index in [0.717, 1.165) is 6.42 Å². The highest BCUT2D eigenvalue weighted by Gasteiger charge is 2.43. The Kier molecular flexibility index (Phi) is 2.97. The highest BCUT2D eigenvalue weighted by molar-refractivity contribution is 5.57. The fourth-order valence-corrected chi connectivity index (χ4v) is 3.91. The van der Waals surface area contributed by atoms with E-state index < -0.39 is 0 Å². The SMILES string of the molecule is CC(C)=C1C=CC(C2(C)CCC(C)(C)C3=C2C=CC3)=C1. The molecule has 1 unspecified atom stereocenters. The van der Waals surface area contributed by atoms with Crippen LogP contribution < -0.4 is 0 Å². The molecule has 0 aromatic heterocycles. The van der Waals surface area contributed by atoms with E-state index in [9.17, 15) is 0 Å². The third-order valence-corrected chi connectivity index (χ3v) is 5.56. The lowest BCUT2D eigenvalue weighted by atomic mass is 9.60. The highest BCUT2D eigenvalue weighted by Crippen LogP contribution is 2.56. The van der Waals surface area contributed by atoms with Crippen LogP contribution in [0.15, 0.2) is 58.2 Å². The molecule has 106 valence electrons. The van der Waals surface area contributed by atoms with Gasteiger partial charge in [0.1, 0.15) is 0 Å². The molecule has 0 N–H and O–H groups in total. The molecule has 1 atom stereocenters. The van der Waals surface area contributed by atoms with Gasteiger partial charge in [0, 0.05) is 5.41 Å². The Morgan fingerprint density at radius 3 is 2.40 bits per heavy atom. The molecule has 3 aliphatic carbocycles. The van der Waals surface area contributed by atoms with Crippen molar-refractivity contribution in [3.63, 3.8) is 0 Å². The first-order chi connectivity index (χ1) is 9.34. The molecule has 0 fully saturated rings. The standard InChI is InChI=1S/C20H26/c1-14(2)15-9-10-16(13-15)20(5)12-11-19(3,4)17-7-6-8-18(17)20/h6,8-10,13H,7,11-12H2,1-5H3. The second kappa shape index (κ2) is 4.35. The Balaban J connectivity index is 2.09. The Hall–Kier alpha value is -1.30. The van der Waals surface area contributed by atoms with Gasteiger partial charge in [-0.25, -0.2) is 0 Å². The average Bonchev–Trinajstić information content (AvgIpc) is 3.03. The van der Waals surface area contributed by atoms with Crippen LogP contribution in [0.3, 0.4) is 0 Å². The summed E-state index contributed by atoms with van der Waals surface area (Å²) in [6.45, 7) is 11.7. The lowest BCUT2D eigenvalue weighted by Crippen LogP contribution is -2.31. The van der Waals surface area contributed by atoms with Crippen molar-refractivity contribution in [2.75, 3.05) is 0 Å². The zero-order chi connectivity index (χ0) is 14.5. The van der Waals surface area contributed by atoms with Crippen molar-refractivity contribution in [3.05, 3.63) is 58.2 Å². The molecule has 0 aromatic carbocycles. The maximum atomic E-state index is 2.44. The van der Waals surface area contributed by atoms with Crippen LogP contribution in [0.25, 0.3) is 0 Å². The summed E-state index contributed by atoms with van der Waals surface area (Å²) < 4.78 is 0. The third kappa shape index (κ3) is 1.89. The number of hydrogen-bond acceptors (Lipinski definition) is 0. The molecule has 0 saturated heterocycles. The molecule has 0 aromatic rings. The van der Waals surface area contributed by atoms with Gasteiger partial charge < -0.3 is 0 Å². The van der Waals surface area contributed by atoms with E-state index in [1.165, 1.54) is 29.6 Å². The van der Waals surface area contributed by atoms with Gasteiger partial charge >= 0.3 is 0 Å². The van der Waals surface area contributed by atoms with E-state index in [4.69, 9.17) is 0 Å². The molecule has 20 heavy (non-hydrogen) atoms. The van der Waals surface area contributed by atoms with Gasteiger partial charge in [0.25, 0.3) is 0 Å². The quantitative estimate of drug-likeness (QED) is 0.554. The van der Waals surface area contributed by atoms with E-state index in [2.05, 4.69) is 65.0 Å². The highest BCUT2D eigenvalue weighted by atomic mass is 14.5. The van der Waals surface area contributed by atoms with Gasteiger partial charge in [0.15, 0.2) is 0 Å². The summed E-state index contributed by atoms with van der Waals surface area (Å²) in [5.74, 6) is 0. The summed E-state index contributed by atoms with van der Waals surface area (Å²) in [5.41, 5.74) is 8.17. The van der Waals surface area contributed by atoms with Crippen molar-refractivity contribution in [2.45, 2.75) is 53.9 Å². The van der Waals surface area contributed by atoms with Crippen LogP contribution in [-0.4, -0.2) is 0 Å². The molecule has 3 rings (SSSR count). The Labute approximate surface area is 123 Å². The van der Waals surface area contributed by atoms with Crippen LogP contribution >= 0.6 is 0 Å². The molecular weight excluding hydrogens is 240 g/mol. The summed E-state index contributed by atoms with van der Waals surface area (Å²) in [7, 11) is 0. The lowest BCUT2D eigenvalue weighted by Gasteiger charge is -2.43. The molecule has 0 nitrogen and oxygen atoms in total. The van der Waals surface area contributed by atoms with E-state index in [1.807, 2.05) is 0 Å². The molecule has 0 aliphatic heterocycles. The van der Waals surface area contributed by atoms with E-state index >= 15 is 0 Å². The van der Waals surface area contributed by atoms with Crippen LogP contribution in [0.2, 0.25) is 0 Å². The lowest BCUT2D eigenvalue weighted by molar-refractivity contribution is 0.284. The zero-order valence-corrected chi connectivity index (χ0v) is 13.5. The summed E-state index contributed by atoms with van der Waals surface area (Å²) in [5, 5.41) is 0. The van der Waals surface area contributed by atoms with Crippen molar-refractivity contribution >= 4 is 0 Å². The van der Waals surface area contributed by atoms with Crippen LogP contribution in [0, 0.1) is 10.8 Å². The molecule has 0 heterocycles. The van der Waals surface area contributed by atoms with Crippen LogP contribution in [-0.2, 0) is 0 Å². The maximum Gasteiger partial charge on any atom is 0.0175 e. The van der Waals surface area contributed by atoms with Crippen molar-refractivity contribution in [3.8, 4) is 0 Å².